The number of hydrogen-bond donors (Lipinski definition) is 3. The topological polar surface area (TPSA) is 145 Å². The molecule has 0 unspecified atom stereocenters. The van der Waals surface area contributed by atoms with Crippen molar-refractivity contribution < 1.29 is 39.2 Å². The van der Waals surface area contributed by atoms with Crippen LogP contribution in [0.2, 0.25) is 0 Å². The Bertz CT molecular complexity index is 529. The summed E-state index contributed by atoms with van der Waals surface area (Å²) < 4.78 is 4.56. The van der Waals surface area contributed by atoms with Crippen LogP contribution in [0.4, 0.5) is 19.2 Å². The summed E-state index contributed by atoms with van der Waals surface area (Å²) in [6, 6.07) is 7.13. The fourth-order valence-electron chi connectivity index (χ4n) is 1.13. The van der Waals surface area contributed by atoms with Crippen LogP contribution in [0.15, 0.2) is 30.3 Å². The molecule has 0 radical (unpaired) electrons. The monoisotopic (exact) mass is 284 g/mol. The third-order valence-electron chi connectivity index (χ3n) is 1.86. The molecule has 3 N–H and O–H groups in total. The number of imide groups is 2. The highest BCUT2D eigenvalue weighted by Crippen LogP contribution is 2.12. The van der Waals surface area contributed by atoms with E-state index in [0.29, 0.717) is 0 Å². The van der Waals surface area contributed by atoms with Gasteiger partial charge in [-0.25, -0.2) is 19.2 Å². The molecule has 20 heavy (non-hydrogen) atoms. The fraction of sp³-hybridized carbons (Fsp3) is 0. The minimum Gasteiger partial charge on any atom is -0.463 e. The van der Waals surface area contributed by atoms with Gasteiger partial charge in [-0.3, -0.25) is 0 Å². The van der Waals surface area contributed by atoms with Crippen molar-refractivity contribution in [2.24, 2.45) is 0 Å². The number of hydrogen-bond acceptors (Lipinski definition) is 5. The van der Waals surface area contributed by atoms with Gasteiger partial charge in [0.05, 0.1) is 0 Å². The molecular weight excluding hydrogens is 276 g/mol. The Morgan fingerprint density at radius 1 is 0.800 bits per heavy atom. The van der Waals surface area contributed by atoms with Crippen LogP contribution in [0.3, 0.4) is 0 Å². The van der Waals surface area contributed by atoms with Crippen molar-refractivity contribution in [2.75, 3.05) is 0 Å². The second-order valence-corrected chi connectivity index (χ2v) is 3.15. The molecule has 0 atom stereocenters. The van der Waals surface area contributed by atoms with Gasteiger partial charge in [-0.15, -0.1) is 5.01 Å². The van der Waals surface area contributed by atoms with E-state index < -0.39 is 34.4 Å². The van der Waals surface area contributed by atoms with E-state index in [1.165, 1.54) is 24.3 Å². The highest BCUT2D eigenvalue weighted by atomic mass is 16.6. The second kappa shape index (κ2) is 6.04. The molecule has 10 nitrogen and oxygen atoms in total. The number of carbonyl (C=O) groups is 4. The van der Waals surface area contributed by atoms with E-state index in [2.05, 4.69) is 4.74 Å². The van der Waals surface area contributed by atoms with E-state index in [4.69, 9.17) is 15.3 Å². The average Bonchev–Trinajstić information content (AvgIpc) is 2.35. The van der Waals surface area contributed by atoms with E-state index in [1.807, 2.05) is 0 Å². The van der Waals surface area contributed by atoms with Crippen molar-refractivity contribution in [3.63, 3.8) is 0 Å². The van der Waals surface area contributed by atoms with Gasteiger partial charge < -0.3 is 20.1 Å². The molecule has 1 aromatic carbocycles. The van der Waals surface area contributed by atoms with Crippen molar-refractivity contribution in [1.82, 2.24) is 10.0 Å². The summed E-state index contributed by atoms with van der Waals surface area (Å²) in [5.74, 6) is -0.0838. The number of amides is 4. The number of rotatable bonds is 1. The predicted molar refractivity (Wildman–Crippen MR) is 60.2 cm³/mol. The third-order valence-corrected chi connectivity index (χ3v) is 1.86. The maximum Gasteiger partial charge on any atom is 0.445 e. The maximum atomic E-state index is 11.6. The van der Waals surface area contributed by atoms with Gasteiger partial charge in [-0.2, -0.15) is 0 Å². The Kier molecular flexibility index (Phi) is 4.46. The summed E-state index contributed by atoms with van der Waals surface area (Å²) in [5.41, 5.74) is 0. The Balaban J connectivity index is 3.02. The highest BCUT2D eigenvalue weighted by Gasteiger charge is 2.38. The lowest BCUT2D eigenvalue weighted by atomic mass is 10.3. The van der Waals surface area contributed by atoms with Crippen LogP contribution in [0.5, 0.6) is 5.75 Å². The molecule has 0 aliphatic rings. The van der Waals surface area contributed by atoms with E-state index in [-0.39, 0.29) is 5.75 Å². The van der Waals surface area contributed by atoms with Crippen LogP contribution in [0.25, 0.3) is 0 Å². The Morgan fingerprint density at radius 2 is 1.25 bits per heavy atom. The molecular formula is C10H8N2O8. The van der Waals surface area contributed by atoms with Gasteiger partial charge in [0.15, 0.2) is 0 Å². The van der Waals surface area contributed by atoms with Crippen molar-refractivity contribution in [3.8, 4) is 5.75 Å². The van der Waals surface area contributed by atoms with E-state index in [1.54, 1.807) is 6.07 Å². The molecule has 10 heteroatoms. The van der Waals surface area contributed by atoms with Crippen molar-refractivity contribution in [3.05, 3.63) is 30.3 Å². The fourth-order valence-corrected chi connectivity index (χ4v) is 1.13. The molecule has 0 heterocycles. The van der Waals surface area contributed by atoms with Gasteiger partial charge in [0, 0.05) is 0 Å². The quantitative estimate of drug-likeness (QED) is 0.661. The molecule has 0 aromatic heterocycles. The van der Waals surface area contributed by atoms with Gasteiger partial charge in [0.1, 0.15) is 5.75 Å². The Labute approximate surface area is 111 Å². The largest absolute Gasteiger partial charge is 0.463 e. The summed E-state index contributed by atoms with van der Waals surface area (Å²) >= 11 is 0. The summed E-state index contributed by atoms with van der Waals surface area (Å²) in [5, 5.41) is 24.7. The molecule has 4 amide bonds. The van der Waals surface area contributed by atoms with Crippen LogP contribution < -0.4 is 4.74 Å². The lowest BCUT2D eigenvalue weighted by Gasteiger charge is -2.23. The molecule has 0 spiro atoms. The average molecular weight is 284 g/mol. The normalized spacial score (nSPS) is 9.40. The Hall–Kier alpha value is -3.30. The van der Waals surface area contributed by atoms with Crippen LogP contribution in [0, 0.1) is 0 Å². The van der Waals surface area contributed by atoms with Crippen LogP contribution in [0.1, 0.15) is 0 Å². The SMILES string of the molecule is O=C(O)N(C(=O)O)N(C(=O)O)C(=O)Oc1ccccc1. The first-order chi connectivity index (χ1) is 9.34. The minimum absolute atomic E-state index is 0.0838. The van der Waals surface area contributed by atoms with Crippen LogP contribution >= 0.6 is 0 Å². The maximum absolute atomic E-state index is 11.6. The summed E-state index contributed by atoms with van der Waals surface area (Å²) in [6.07, 6.45) is -8.18. The molecule has 0 saturated heterocycles. The molecule has 1 aromatic rings. The van der Waals surface area contributed by atoms with Gasteiger partial charge in [-0.05, 0) is 12.1 Å². The number of hydrazine groups is 1. The smallest absolute Gasteiger partial charge is 0.445 e. The molecule has 0 fully saturated rings. The molecule has 0 aliphatic heterocycles. The molecule has 106 valence electrons. The van der Waals surface area contributed by atoms with Crippen molar-refractivity contribution in [1.29, 1.82) is 0 Å². The molecule has 0 bridgehead atoms. The zero-order valence-electron chi connectivity index (χ0n) is 9.66. The standard InChI is InChI=1S/C10H8N2O8/c13-7(14)11(8(15)16)12(9(17)18)10(19)20-6-4-2-1-3-5-6/h1-5H,(H,13,14)(H,15,16)(H,17,18). The van der Waals surface area contributed by atoms with Crippen molar-refractivity contribution in [2.45, 2.75) is 0 Å². The van der Waals surface area contributed by atoms with E-state index in [9.17, 15) is 19.2 Å². The number of nitrogens with zero attached hydrogens (tertiary/aromatic N) is 2. The van der Waals surface area contributed by atoms with Crippen LogP contribution in [-0.4, -0.2) is 49.7 Å². The predicted octanol–water partition coefficient (Wildman–Crippen LogP) is 1.74. The van der Waals surface area contributed by atoms with Crippen LogP contribution in [-0.2, 0) is 0 Å². The van der Waals surface area contributed by atoms with Gasteiger partial charge in [-0.1, -0.05) is 23.2 Å². The third kappa shape index (κ3) is 3.35. The number of ether oxygens (including phenoxy) is 1. The molecule has 0 aliphatic carbocycles. The first kappa shape index (κ1) is 14.8. The zero-order chi connectivity index (χ0) is 15.3. The summed E-state index contributed by atoms with van der Waals surface area (Å²) in [4.78, 5) is 43.7. The first-order valence-electron chi connectivity index (χ1n) is 4.90. The lowest BCUT2D eigenvalue weighted by Crippen LogP contribution is -2.55. The van der Waals surface area contributed by atoms with E-state index in [0.717, 1.165) is 0 Å². The molecule has 0 saturated carbocycles. The van der Waals surface area contributed by atoms with Gasteiger partial charge in [0.2, 0.25) is 0 Å². The number of para-hydroxylation sites is 1. The number of carbonyl (C=O) groups excluding carboxylic acids is 1. The summed E-state index contributed by atoms with van der Waals surface area (Å²) in [7, 11) is 0. The van der Waals surface area contributed by atoms with Gasteiger partial charge in [0.25, 0.3) is 0 Å². The summed E-state index contributed by atoms with van der Waals surface area (Å²) in [6.45, 7) is 0. The number of carboxylic acid groups (broad SMARTS) is 3. The zero-order valence-corrected chi connectivity index (χ0v) is 9.66. The van der Waals surface area contributed by atoms with E-state index >= 15 is 0 Å². The van der Waals surface area contributed by atoms with Gasteiger partial charge >= 0.3 is 24.4 Å². The minimum atomic E-state index is -2.18. The second-order valence-electron chi connectivity index (χ2n) is 3.15. The lowest BCUT2D eigenvalue weighted by molar-refractivity contribution is 0.0171. The molecule has 1 rings (SSSR count). The highest BCUT2D eigenvalue weighted by molar-refractivity contribution is 5.96. The Morgan fingerprint density at radius 3 is 1.65 bits per heavy atom. The number of benzene rings is 1. The first-order valence-corrected chi connectivity index (χ1v) is 4.90. The van der Waals surface area contributed by atoms with Crippen molar-refractivity contribution >= 4 is 24.4 Å².